The molecule has 3 amide bonds. The fourth-order valence-corrected chi connectivity index (χ4v) is 4.63. The number of amides is 3. The molecule has 0 heterocycles. The Bertz CT molecular complexity index is 1350. The summed E-state index contributed by atoms with van der Waals surface area (Å²) in [6.45, 7) is 8.00. The third kappa shape index (κ3) is 10.0. The molecule has 4 rings (SSSR count). The average molecular weight is 571 g/mol. The van der Waals surface area contributed by atoms with Gasteiger partial charge in [0.25, 0.3) is 11.8 Å². The van der Waals surface area contributed by atoms with Crippen molar-refractivity contribution in [1.29, 1.82) is 0 Å². The number of benzene rings is 3. The van der Waals surface area contributed by atoms with E-state index in [2.05, 4.69) is 33.4 Å². The van der Waals surface area contributed by atoms with Gasteiger partial charge in [-0.2, -0.15) is 0 Å². The summed E-state index contributed by atoms with van der Waals surface area (Å²) in [4.78, 5) is 39.6. The first kappa shape index (κ1) is 30.8. The number of ether oxygens (including phenoxy) is 1. The zero-order valence-electron chi connectivity index (χ0n) is 24.9. The first-order chi connectivity index (χ1) is 20.1. The highest BCUT2D eigenvalue weighted by Crippen LogP contribution is 2.21. The Morgan fingerprint density at radius 2 is 1.45 bits per heavy atom. The van der Waals surface area contributed by atoms with Crippen LogP contribution in [0.5, 0.6) is 0 Å². The zero-order chi connectivity index (χ0) is 30.1. The smallest absolute Gasteiger partial charge is 0.412 e. The van der Waals surface area contributed by atoms with E-state index < -0.39 is 11.7 Å². The molecule has 8 heteroatoms. The molecule has 0 unspecified atom stereocenters. The van der Waals surface area contributed by atoms with Crippen molar-refractivity contribution in [1.82, 2.24) is 16.0 Å². The minimum atomic E-state index is -0.705. The number of anilines is 1. The second-order valence-corrected chi connectivity index (χ2v) is 11.9. The van der Waals surface area contributed by atoms with Gasteiger partial charge in [0.2, 0.25) is 0 Å². The molecule has 0 spiro atoms. The number of carbonyl (C=O) groups is 3. The second kappa shape index (κ2) is 14.1. The van der Waals surface area contributed by atoms with Crippen molar-refractivity contribution in [2.24, 2.45) is 0 Å². The summed E-state index contributed by atoms with van der Waals surface area (Å²) in [6.07, 6.45) is 3.16. The van der Waals surface area contributed by atoms with Gasteiger partial charge in [-0.15, -0.1) is 0 Å². The fourth-order valence-electron chi connectivity index (χ4n) is 4.63. The first-order valence-corrected chi connectivity index (χ1v) is 14.6. The van der Waals surface area contributed by atoms with E-state index in [0.29, 0.717) is 18.2 Å². The Hall–Kier alpha value is -4.17. The van der Waals surface area contributed by atoms with E-state index in [1.54, 1.807) is 39.0 Å². The van der Waals surface area contributed by atoms with Gasteiger partial charge in [0.1, 0.15) is 5.60 Å². The molecule has 0 aromatic heterocycles. The molecule has 1 fully saturated rings. The Kier molecular flexibility index (Phi) is 10.4. The third-order valence-corrected chi connectivity index (χ3v) is 6.91. The maximum atomic E-state index is 13.6. The van der Waals surface area contributed by atoms with Crippen LogP contribution < -0.4 is 21.3 Å². The van der Waals surface area contributed by atoms with Gasteiger partial charge >= 0.3 is 6.09 Å². The van der Waals surface area contributed by atoms with Gasteiger partial charge in [-0.05, 0) is 89.2 Å². The van der Waals surface area contributed by atoms with Crippen LogP contribution in [0.2, 0.25) is 0 Å². The van der Waals surface area contributed by atoms with E-state index in [1.165, 1.54) is 12.8 Å². The molecular weight excluding hydrogens is 528 g/mol. The molecule has 0 radical (unpaired) electrons. The topological polar surface area (TPSA) is 109 Å². The summed E-state index contributed by atoms with van der Waals surface area (Å²) in [6, 6.07) is 24.6. The minimum absolute atomic E-state index is 0.121. The van der Waals surface area contributed by atoms with E-state index >= 15 is 0 Å². The quantitative estimate of drug-likeness (QED) is 0.213. The monoisotopic (exact) mass is 570 g/mol. The number of rotatable bonds is 12. The Morgan fingerprint density at radius 1 is 0.857 bits per heavy atom. The number of hydrogen-bond acceptors (Lipinski definition) is 5. The van der Waals surface area contributed by atoms with Crippen LogP contribution in [-0.2, 0) is 11.2 Å². The minimum Gasteiger partial charge on any atom is -0.444 e. The molecule has 0 saturated heterocycles. The lowest BCUT2D eigenvalue weighted by molar-refractivity contribution is 0.0635. The largest absolute Gasteiger partial charge is 0.444 e. The highest BCUT2D eigenvalue weighted by Gasteiger charge is 2.23. The van der Waals surface area contributed by atoms with Crippen LogP contribution in [0.15, 0.2) is 78.9 Å². The van der Waals surface area contributed by atoms with Crippen LogP contribution in [0.3, 0.4) is 0 Å². The van der Waals surface area contributed by atoms with Crippen molar-refractivity contribution < 1.29 is 19.1 Å². The SMILES string of the molecule is C[C@@H](NC(=O)c1cc(NC(=O)OC(C)(C)C)cc(C(=O)N[C@H](CCNC2CC2)Cc2ccccc2)c1)c1ccccc1. The van der Waals surface area contributed by atoms with Crippen LogP contribution in [0.25, 0.3) is 0 Å². The summed E-state index contributed by atoms with van der Waals surface area (Å²) in [5.41, 5.74) is 2.20. The van der Waals surface area contributed by atoms with E-state index in [1.807, 2.05) is 55.5 Å². The van der Waals surface area contributed by atoms with Crippen LogP contribution in [0, 0.1) is 0 Å². The molecule has 3 aromatic rings. The van der Waals surface area contributed by atoms with Crippen LogP contribution in [0.1, 0.15) is 84.8 Å². The Labute approximate surface area is 248 Å². The molecule has 1 aliphatic rings. The van der Waals surface area contributed by atoms with Crippen LogP contribution in [-0.4, -0.2) is 42.1 Å². The number of hydrogen-bond donors (Lipinski definition) is 4. The van der Waals surface area contributed by atoms with Gasteiger partial charge in [0.05, 0.1) is 6.04 Å². The molecule has 222 valence electrons. The average Bonchev–Trinajstić information content (AvgIpc) is 3.77. The molecule has 8 nitrogen and oxygen atoms in total. The molecular formula is C34H42N4O4. The highest BCUT2D eigenvalue weighted by molar-refractivity contribution is 6.02. The van der Waals surface area contributed by atoms with Crippen LogP contribution >= 0.6 is 0 Å². The summed E-state index contributed by atoms with van der Waals surface area (Å²) < 4.78 is 5.41. The normalized spacial score (nSPS) is 14.4. The van der Waals surface area contributed by atoms with E-state index in [-0.39, 0.29) is 35.0 Å². The summed E-state index contributed by atoms with van der Waals surface area (Å²) in [7, 11) is 0. The van der Waals surface area contributed by atoms with Gasteiger partial charge in [0, 0.05) is 28.9 Å². The lowest BCUT2D eigenvalue weighted by atomic mass is 10.0. The van der Waals surface area contributed by atoms with Gasteiger partial charge < -0.3 is 20.7 Å². The van der Waals surface area contributed by atoms with E-state index in [9.17, 15) is 14.4 Å². The molecule has 0 bridgehead atoms. The first-order valence-electron chi connectivity index (χ1n) is 14.6. The summed E-state index contributed by atoms with van der Waals surface area (Å²) in [5.74, 6) is -0.678. The van der Waals surface area contributed by atoms with Crippen molar-refractivity contribution in [3.8, 4) is 0 Å². The van der Waals surface area contributed by atoms with E-state index in [4.69, 9.17) is 4.74 Å². The fraction of sp³-hybridized carbons (Fsp3) is 0.382. The molecule has 4 N–H and O–H groups in total. The number of nitrogens with one attached hydrogen (secondary N) is 4. The molecule has 2 atom stereocenters. The van der Waals surface area contributed by atoms with Crippen molar-refractivity contribution in [3.63, 3.8) is 0 Å². The molecule has 42 heavy (non-hydrogen) atoms. The standard InChI is InChI=1S/C34H42N4O4/c1-23(25-13-9-6-10-14-25)36-31(39)26-20-27(22-30(21-26)38-33(41)42-34(2,3)4)32(40)37-29(17-18-35-28-15-16-28)19-24-11-7-5-8-12-24/h5-14,20-23,28-29,35H,15-19H2,1-4H3,(H,36,39)(H,37,40)(H,38,41)/t23-,29-/m1/s1. The van der Waals surface area contributed by atoms with Crippen molar-refractivity contribution in [2.45, 2.75) is 77.1 Å². The predicted molar refractivity (Wildman–Crippen MR) is 166 cm³/mol. The summed E-state index contributed by atoms with van der Waals surface area (Å²) >= 11 is 0. The van der Waals surface area contributed by atoms with E-state index in [0.717, 1.165) is 24.1 Å². The maximum absolute atomic E-state index is 13.6. The van der Waals surface area contributed by atoms with Gasteiger partial charge in [-0.1, -0.05) is 60.7 Å². The maximum Gasteiger partial charge on any atom is 0.412 e. The van der Waals surface area contributed by atoms with Gasteiger partial charge in [-0.25, -0.2) is 4.79 Å². The lowest BCUT2D eigenvalue weighted by Gasteiger charge is -2.21. The molecule has 3 aromatic carbocycles. The summed E-state index contributed by atoms with van der Waals surface area (Å²) in [5, 5.41) is 12.4. The molecule has 1 aliphatic carbocycles. The van der Waals surface area contributed by atoms with Crippen molar-refractivity contribution in [2.75, 3.05) is 11.9 Å². The van der Waals surface area contributed by atoms with Gasteiger partial charge in [0.15, 0.2) is 0 Å². The zero-order valence-corrected chi connectivity index (χ0v) is 24.9. The van der Waals surface area contributed by atoms with Gasteiger partial charge in [-0.3, -0.25) is 14.9 Å². The van der Waals surface area contributed by atoms with Crippen molar-refractivity contribution in [3.05, 3.63) is 101 Å². The molecule has 1 saturated carbocycles. The van der Waals surface area contributed by atoms with Crippen molar-refractivity contribution >= 4 is 23.6 Å². The molecule has 0 aliphatic heterocycles. The predicted octanol–water partition coefficient (Wildman–Crippen LogP) is 6.01. The number of carbonyl (C=O) groups excluding carboxylic acids is 3. The Morgan fingerprint density at radius 3 is 2.05 bits per heavy atom. The highest BCUT2D eigenvalue weighted by atomic mass is 16.6. The lowest BCUT2D eigenvalue weighted by Crippen LogP contribution is -2.39. The van der Waals surface area contributed by atoms with Crippen LogP contribution in [0.4, 0.5) is 10.5 Å². The second-order valence-electron chi connectivity index (χ2n) is 11.9. The Balaban J connectivity index is 1.55. The third-order valence-electron chi connectivity index (χ3n) is 6.91.